The Hall–Kier alpha value is -0.890. The highest BCUT2D eigenvalue weighted by Gasteiger charge is 2.34. The van der Waals surface area contributed by atoms with E-state index >= 15 is 0 Å². The second kappa shape index (κ2) is 5.14. The molecule has 0 aromatic carbocycles. The minimum atomic E-state index is -0.356. The van der Waals surface area contributed by atoms with Crippen LogP contribution >= 0.6 is 0 Å². The first-order valence-electron chi connectivity index (χ1n) is 8.13. The van der Waals surface area contributed by atoms with Gasteiger partial charge in [-0.25, -0.2) is 0 Å². The molecule has 2 heteroatoms. The number of fused-ring (bicyclic) bond motifs is 1. The van der Waals surface area contributed by atoms with Gasteiger partial charge in [0, 0.05) is 23.2 Å². The molecule has 1 aromatic rings. The maximum absolute atomic E-state index is 10.5. The van der Waals surface area contributed by atoms with Crippen molar-refractivity contribution < 1.29 is 5.11 Å². The molecule has 1 N–H and O–H groups in total. The molecule has 1 aromatic heterocycles. The van der Waals surface area contributed by atoms with Crippen molar-refractivity contribution in [3.05, 3.63) is 28.6 Å². The lowest BCUT2D eigenvalue weighted by Crippen LogP contribution is -2.28. The van der Waals surface area contributed by atoms with Crippen LogP contribution in [0.1, 0.15) is 87.4 Å². The van der Waals surface area contributed by atoms with Crippen molar-refractivity contribution in [1.82, 2.24) is 4.98 Å². The van der Waals surface area contributed by atoms with Gasteiger partial charge in [0.1, 0.15) is 0 Å². The van der Waals surface area contributed by atoms with E-state index in [-0.39, 0.29) is 11.5 Å². The van der Waals surface area contributed by atoms with E-state index in [1.54, 1.807) is 0 Å². The van der Waals surface area contributed by atoms with Gasteiger partial charge in [0.2, 0.25) is 0 Å². The van der Waals surface area contributed by atoms with Crippen LogP contribution in [0.4, 0.5) is 0 Å². The highest BCUT2D eigenvalue weighted by Crippen LogP contribution is 2.43. The van der Waals surface area contributed by atoms with Crippen molar-refractivity contribution in [2.45, 2.75) is 77.7 Å². The molecule has 1 radical (unpaired) electrons. The molecule has 0 aliphatic heterocycles. The Balaban J connectivity index is 2.05. The quantitative estimate of drug-likeness (QED) is 0.879. The molecular formula is C18H26NO. The van der Waals surface area contributed by atoms with Gasteiger partial charge in [-0.1, -0.05) is 33.6 Å². The molecule has 1 heterocycles. The third-order valence-electron chi connectivity index (χ3n) is 4.99. The summed E-state index contributed by atoms with van der Waals surface area (Å²) in [6.07, 6.45) is 7.59. The van der Waals surface area contributed by atoms with Gasteiger partial charge in [0.25, 0.3) is 0 Å². The molecule has 2 aliphatic rings. The number of hydrogen-bond acceptors (Lipinski definition) is 2. The molecule has 0 unspecified atom stereocenters. The fourth-order valence-corrected chi connectivity index (χ4v) is 3.98. The van der Waals surface area contributed by atoms with Crippen LogP contribution in [0, 0.1) is 11.5 Å². The van der Waals surface area contributed by atoms with Gasteiger partial charge < -0.3 is 5.11 Å². The van der Waals surface area contributed by atoms with Crippen LogP contribution in [0.25, 0.3) is 0 Å². The van der Waals surface area contributed by atoms with Crippen LogP contribution in [-0.4, -0.2) is 10.1 Å². The van der Waals surface area contributed by atoms with Crippen molar-refractivity contribution in [3.63, 3.8) is 0 Å². The van der Waals surface area contributed by atoms with E-state index in [1.807, 2.05) is 0 Å². The number of rotatable bonds is 2. The number of aliphatic hydroxyl groups excluding tert-OH is 1. The minimum absolute atomic E-state index is 0.152. The molecule has 0 spiro atoms. The smallest absolute Gasteiger partial charge is 0.0815 e. The number of aryl methyl sites for hydroxylation is 1. The van der Waals surface area contributed by atoms with Gasteiger partial charge in [-0.2, -0.15) is 0 Å². The van der Waals surface area contributed by atoms with Crippen LogP contribution in [0.5, 0.6) is 0 Å². The predicted molar refractivity (Wildman–Crippen MR) is 80.7 cm³/mol. The first-order chi connectivity index (χ1) is 9.50. The van der Waals surface area contributed by atoms with Crippen molar-refractivity contribution in [2.24, 2.45) is 5.41 Å². The largest absolute Gasteiger partial charge is 0.388 e. The molecule has 2 nitrogen and oxygen atoms in total. The van der Waals surface area contributed by atoms with Crippen LogP contribution in [0.3, 0.4) is 0 Å². The summed E-state index contributed by atoms with van der Waals surface area (Å²) in [5.41, 5.74) is 4.77. The minimum Gasteiger partial charge on any atom is -0.388 e. The highest BCUT2D eigenvalue weighted by molar-refractivity contribution is 5.37. The van der Waals surface area contributed by atoms with Crippen molar-refractivity contribution in [2.75, 3.05) is 0 Å². The summed E-state index contributed by atoms with van der Waals surface area (Å²) in [4.78, 5) is 4.93. The number of pyridine rings is 1. The zero-order chi connectivity index (χ0) is 14.3. The van der Waals surface area contributed by atoms with Gasteiger partial charge >= 0.3 is 0 Å². The molecule has 1 atom stereocenters. The maximum Gasteiger partial charge on any atom is 0.0815 e. The van der Waals surface area contributed by atoms with Crippen molar-refractivity contribution in [3.8, 4) is 0 Å². The maximum atomic E-state index is 10.5. The van der Waals surface area contributed by atoms with Crippen LogP contribution in [0.2, 0.25) is 0 Å². The Labute approximate surface area is 122 Å². The van der Waals surface area contributed by atoms with Crippen LogP contribution in [0.15, 0.2) is 0 Å². The molecule has 109 valence electrons. The number of nitrogens with zero attached hydrogens (tertiary/aromatic N) is 1. The molecule has 0 amide bonds. The third-order valence-corrected chi connectivity index (χ3v) is 4.99. The van der Waals surface area contributed by atoms with Crippen molar-refractivity contribution in [1.29, 1.82) is 0 Å². The standard InChI is InChI=1S/C18H26NO/c1-4-12-9-14(13-7-5-6-8-13)19-15-10-18(2,3)11-16(20)17(12)15/h13,16,20H,4-8,10-11H2,1-3H3/t16-/m0/s1. The SMILES string of the molecule is CCc1[c]c(C2CCCC2)nc2c1[C@@H](O)CC(C)(C)C2. The van der Waals surface area contributed by atoms with E-state index in [0.29, 0.717) is 5.92 Å². The fourth-order valence-electron chi connectivity index (χ4n) is 3.98. The zero-order valence-corrected chi connectivity index (χ0v) is 13.0. The monoisotopic (exact) mass is 272 g/mol. The molecular weight excluding hydrogens is 246 g/mol. The molecule has 1 fully saturated rings. The normalized spacial score (nSPS) is 25.7. The third kappa shape index (κ3) is 2.50. The first-order valence-corrected chi connectivity index (χ1v) is 8.13. The molecule has 3 rings (SSSR count). The molecule has 2 aliphatic carbocycles. The summed E-state index contributed by atoms with van der Waals surface area (Å²) < 4.78 is 0. The van der Waals surface area contributed by atoms with E-state index < -0.39 is 0 Å². The lowest BCUT2D eigenvalue weighted by atomic mass is 9.73. The van der Waals surface area contributed by atoms with E-state index in [0.717, 1.165) is 30.5 Å². The van der Waals surface area contributed by atoms with Gasteiger partial charge in [-0.3, -0.25) is 4.98 Å². The van der Waals surface area contributed by atoms with Gasteiger partial charge in [-0.05, 0) is 43.1 Å². The molecule has 0 saturated heterocycles. The summed E-state index contributed by atoms with van der Waals surface area (Å²) in [6.45, 7) is 6.63. The Morgan fingerprint density at radius 3 is 2.65 bits per heavy atom. The average Bonchev–Trinajstić information content (AvgIpc) is 2.89. The van der Waals surface area contributed by atoms with E-state index in [2.05, 4.69) is 26.8 Å². The van der Waals surface area contributed by atoms with E-state index in [4.69, 9.17) is 4.98 Å². The van der Waals surface area contributed by atoms with Crippen LogP contribution < -0.4 is 0 Å². The van der Waals surface area contributed by atoms with Gasteiger partial charge in [0.15, 0.2) is 0 Å². The van der Waals surface area contributed by atoms with E-state index in [9.17, 15) is 5.11 Å². The van der Waals surface area contributed by atoms with Crippen molar-refractivity contribution >= 4 is 0 Å². The molecule has 0 bridgehead atoms. The van der Waals surface area contributed by atoms with Crippen LogP contribution in [-0.2, 0) is 12.8 Å². The molecule has 1 saturated carbocycles. The number of aliphatic hydroxyl groups is 1. The van der Waals surface area contributed by atoms with Gasteiger partial charge in [0.05, 0.1) is 11.8 Å². The first kappa shape index (κ1) is 14.1. The lowest BCUT2D eigenvalue weighted by Gasteiger charge is -2.35. The summed E-state index contributed by atoms with van der Waals surface area (Å²) in [5, 5.41) is 10.5. The Bertz CT molecular complexity index is 500. The second-order valence-electron chi connectivity index (χ2n) is 7.36. The summed E-state index contributed by atoms with van der Waals surface area (Å²) >= 11 is 0. The number of aromatic nitrogens is 1. The Morgan fingerprint density at radius 1 is 1.30 bits per heavy atom. The summed E-state index contributed by atoms with van der Waals surface area (Å²) in [5.74, 6) is 0.604. The Kier molecular flexibility index (Phi) is 3.62. The highest BCUT2D eigenvalue weighted by atomic mass is 16.3. The fraction of sp³-hybridized carbons (Fsp3) is 0.722. The van der Waals surface area contributed by atoms with E-state index in [1.165, 1.54) is 36.9 Å². The summed E-state index contributed by atoms with van der Waals surface area (Å²) in [7, 11) is 0. The topological polar surface area (TPSA) is 33.1 Å². The average molecular weight is 272 g/mol. The predicted octanol–water partition coefficient (Wildman–Crippen LogP) is 4.11. The van der Waals surface area contributed by atoms with Gasteiger partial charge in [-0.15, -0.1) is 0 Å². The lowest BCUT2D eigenvalue weighted by molar-refractivity contribution is 0.0971. The second-order valence-corrected chi connectivity index (χ2v) is 7.36. The Morgan fingerprint density at radius 2 is 2.00 bits per heavy atom. The molecule has 20 heavy (non-hydrogen) atoms. The summed E-state index contributed by atoms with van der Waals surface area (Å²) in [6, 6.07) is 3.55. The number of hydrogen-bond donors (Lipinski definition) is 1. The zero-order valence-electron chi connectivity index (χ0n) is 13.0.